The molecule has 0 radical (unpaired) electrons. The lowest BCUT2D eigenvalue weighted by Crippen LogP contribution is -2.25. The molecule has 3 heterocycles. The molecule has 8 nitrogen and oxygen atoms in total. The van der Waals surface area contributed by atoms with Crippen LogP contribution in [0, 0.1) is 6.92 Å². The minimum atomic E-state index is -0.0291. The topological polar surface area (TPSA) is 97.1 Å². The van der Waals surface area contributed by atoms with E-state index in [1.165, 1.54) is 0 Å². The molecule has 4 aromatic rings. The van der Waals surface area contributed by atoms with E-state index in [4.69, 9.17) is 0 Å². The van der Waals surface area contributed by atoms with Crippen molar-refractivity contribution in [2.75, 3.05) is 5.32 Å². The smallest absolute Gasteiger partial charge is 0.254 e. The Kier molecular flexibility index (Phi) is 4.16. The molecule has 0 saturated heterocycles. The predicted octanol–water partition coefficient (Wildman–Crippen LogP) is 3.13. The number of benzene rings is 1. The van der Waals surface area contributed by atoms with E-state index in [9.17, 15) is 4.79 Å². The summed E-state index contributed by atoms with van der Waals surface area (Å²) in [6, 6.07) is 13.4. The lowest BCUT2D eigenvalue weighted by atomic mass is 10.2. The molecule has 1 fully saturated rings. The van der Waals surface area contributed by atoms with E-state index in [0.717, 1.165) is 35.6 Å². The minimum absolute atomic E-state index is 0.0291. The number of rotatable bonds is 5. The molecule has 8 heteroatoms. The molecule has 3 aromatic heterocycles. The van der Waals surface area contributed by atoms with Crippen molar-refractivity contribution in [3.8, 4) is 11.4 Å². The van der Waals surface area contributed by atoms with Crippen molar-refractivity contribution in [3.05, 3.63) is 66.1 Å². The third-order valence-corrected chi connectivity index (χ3v) is 4.69. The highest BCUT2D eigenvalue weighted by atomic mass is 16.1. The van der Waals surface area contributed by atoms with Gasteiger partial charge in [0.2, 0.25) is 0 Å². The second-order valence-electron chi connectivity index (χ2n) is 7.12. The summed E-state index contributed by atoms with van der Waals surface area (Å²) in [5.74, 6) is 1.78. The molecule has 29 heavy (non-hydrogen) atoms. The molecule has 1 aliphatic rings. The number of nitrogens with one attached hydrogen (secondary N) is 2. The van der Waals surface area contributed by atoms with Gasteiger partial charge in [0.05, 0.1) is 0 Å². The second-order valence-corrected chi connectivity index (χ2v) is 7.12. The van der Waals surface area contributed by atoms with Crippen LogP contribution in [0.5, 0.6) is 0 Å². The van der Waals surface area contributed by atoms with E-state index in [-0.39, 0.29) is 5.91 Å². The molecule has 1 aliphatic carbocycles. The summed E-state index contributed by atoms with van der Waals surface area (Å²) in [5.41, 5.74) is 3.15. The number of nitrogens with zero attached hydrogens (tertiary/aromatic N) is 5. The summed E-state index contributed by atoms with van der Waals surface area (Å²) in [4.78, 5) is 25.3. The van der Waals surface area contributed by atoms with Crippen molar-refractivity contribution in [2.24, 2.45) is 0 Å². The quantitative estimate of drug-likeness (QED) is 0.548. The lowest BCUT2D eigenvalue weighted by Gasteiger charge is -2.09. The first-order valence-electron chi connectivity index (χ1n) is 9.48. The summed E-state index contributed by atoms with van der Waals surface area (Å²) < 4.78 is 1.67. The van der Waals surface area contributed by atoms with Crippen LogP contribution in [-0.2, 0) is 0 Å². The van der Waals surface area contributed by atoms with Gasteiger partial charge < -0.3 is 10.6 Å². The number of carbonyl (C=O) groups is 1. The highest BCUT2D eigenvalue weighted by molar-refractivity contribution is 5.95. The minimum Gasteiger partial charge on any atom is -0.349 e. The van der Waals surface area contributed by atoms with Crippen LogP contribution in [-0.4, -0.2) is 36.5 Å². The first-order valence-corrected chi connectivity index (χ1v) is 9.48. The Morgan fingerprint density at radius 2 is 1.97 bits per heavy atom. The molecule has 0 bridgehead atoms. The van der Waals surface area contributed by atoms with Gasteiger partial charge in [-0.25, -0.2) is 4.98 Å². The zero-order chi connectivity index (χ0) is 19.8. The Balaban J connectivity index is 1.43. The number of aromatic nitrogens is 5. The first-order chi connectivity index (χ1) is 14.2. The van der Waals surface area contributed by atoms with E-state index < -0.39 is 0 Å². The van der Waals surface area contributed by atoms with Crippen LogP contribution in [0.25, 0.3) is 17.2 Å². The zero-order valence-electron chi connectivity index (χ0n) is 15.8. The third-order valence-electron chi connectivity index (χ3n) is 4.69. The molecule has 1 saturated carbocycles. The highest BCUT2D eigenvalue weighted by Gasteiger charge is 2.23. The average molecular weight is 385 g/mol. The van der Waals surface area contributed by atoms with Crippen LogP contribution in [0.3, 0.4) is 0 Å². The largest absolute Gasteiger partial charge is 0.349 e. The van der Waals surface area contributed by atoms with Gasteiger partial charge in [-0.1, -0.05) is 0 Å². The lowest BCUT2D eigenvalue weighted by molar-refractivity contribution is 0.0951. The SMILES string of the molecule is Cc1cc(Nc2ccc(C(=O)NC3CC3)cc2)n2nc(-c3cccnc3)nc2n1. The van der Waals surface area contributed by atoms with Gasteiger partial charge in [0, 0.05) is 47.0 Å². The third kappa shape index (κ3) is 3.64. The fourth-order valence-corrected chi connectivity index (χ4v) is 3.04. The van der Waals surface area contributed by atoms with Gasteiger partial charge in [-0.2, -0.15) is 9.50 Å². The maximum atomic E-state index is 12.2. The molecule has 0 aliphatic heterocycles. The number of carbonyl (C=O) groups excluding carboxylic acids is 1. The molecule has 2 N–H and O–H groups in total. The Labute approximate surface area is 167 Å². The zero-order valence-corrected chi connectivity index (χ0v) is 15.8. The van der Waals surface area contributed by atoms with E-state index in [2.05, 4.69) is 30.7 Å². The number of hydrogen-bond acceptors (Lipinski definition) is 6. The van der Waals surface area contributed by atoms with Gasteiger partial charge in [-0.3, -0.25) is 9.78 Å². The average Bonchev–Trinajstić information content (AvgIpc) is 3.44. The van der Waals surface area contributed by atoms with Crippen molar-refractivity contribution in [1.82, 2.24) is 29.9 Å². The molecule has 1 aromatic carbocycles. The van der Waals surface area contributed by atoms with Gasteiger partial charge >= 0.3 is 0 Å². The van der Waals surface area contributed by atoms with Crippen LogP contribution in [0.15, 0.2) is 54.9 Å². The van der Waals surface area contributed by atoms with Crippen LogP contribution in [0.4, 0.5) is 11.5 Å². The number of anilines is 2. The van der Waals surface area contributed by atoms with E-state index in [0.29, 0.717) is 23.2 Å². The van der Waals surface area contributed by atoms with Crippen molar-refractivity contribution in [3.63, 3.8) is 0 Å². The molecule has 1 amide bonds. The summed E-state index contributed by atoms with van der Waals surface area (Å²) >= 11 is 0. The van der Waals surface area contributed by atoms with E-state index in [1.807, 2.05) is 49.4 Å². The Morgan fingerprint density at radius 3 is 2.69 bits per heavy atom. The van der Waals surface area contributed by atoms with Crippen molar-refractivity contribution < 1.29 is 4.79 Å². The fourth-order valence-electron chi connectivity index (χ4n) is 3.04. The monoisotopic (exact) mass is 385 g/mol. The molecular weight excluding hydrogens is 366 g/mol. The normalized spacial score (nSPS) is 13.4. The number of fused-ring (bicyclic) bond motifs is 1. The van der Waals surface area contributed by atoms with Crippen LogP contribution in [0.2, 0.25) is 0 Å². The van der Waals surface area contributed by atoms with Crippen molar-refractivity contribution >= 4 is 23.2 Å². The van der Waals surface area contributed by atoms with Gasteiger partial charge in [0.1, 0.15) is 5.82 Å². The fraction of sp³-hybridized carbons (Fsp3) is 0.190. The van der Waals surface area contributed by atoms with Gasteiger partial charge in [-0.05, 0) is 56.2 Å². The standard InChI is InChI=1S/C21H19N7O/c1-13-11-18(24-16-6-4-14(5-7-16)20(29)25-17-8-9-17)28-21(23-13)26-19(27-28)15-3-2-10-22-12-15/h2-7,10-12,17,24H,8-9H2,1H3,(H,25,29). The summed E-state index contributed by atoms with van der Waals surface area (Å²) in [5, 5.41) is 10.9. The first kappa shape index (κ1) is 17.3. The molecule has 0 unspecified atom stereocenters. The van der Waals surface area contributed by atoms with Crippen LogP contribution < -0.4 is 10.6 Å². The molecule has 144 valence electrons. The number of pyridine rings is 1. The molecular formula is C21H19N7O. The number of amides is 1. The van der Waals surface area contributed by atoms with Crippen LogP contribution >= 0.6 is 0 Å². The maximum absolute atomic E-state index is 12.2. The van der Waals surface area contributed by atoms with Crippen LogP contribution in [0.1, 0.15) is 28.9 Å². The van der Waals surface area contributed by atoms with E-state index >= 15 is 0 Å². The maximum Gasteiger partial charge on any atom is 0.254 e. The van der Waals surface area contributed by atoms with Crippen molar-refractivity contribution in [1.29, 1.82) is 0 Å². The Hall–Kier alpha value is -3.81. The highest BCUT2D eigenvalue weighted by Crippen LogP contribution is 2.22. The molecule has 5 rings (SSSR count). The predicted molar refractivity (Wildman–Crippen MR) is 109 cm³/mol. The number of hydrogen-bond donors (Lipinski definition) is 2. The second kappa shape index (κ2) is 6.97. The molecule has 0 atom stereocenters. The van der Waals surface area contributed by atoms with Gasteiger partial charge in [-0.15, -0.1) is 5.10 Å². The van der Waals surface area contributed by atoms with Crippen molar-refractivity contribution in [2.45, 2.75) is 25.8 Å². The number of aryl methyl sites for hydroxylation is 1. The van der Waals surface area contributed by atoms with E-state index in [1.54, 1.807) is 16.9 Å². The Morgan fingerprint density at radius 1 is 1.14 bits per heavy atom. The summed E-state index contributed by atoms with van der Waals surface area (Å²) in [6.45, 7) is 1.91. The van der Waals surface area contributed by atoms with Gasteiger partial charge in [0.25, 0.3) is 11.7 Å². The Bertz CT molecular complexity index is 1180. The molecule has 0 spiro atoms. The summed E-state index contributed by atoms with van der Waals surface area (Å²) in [7, 11) is 0. The summed E-state index contributed by atoms with van der Waals surface area (Å²) in [6.07, 6.45) is 5.58. The van der Waals surface area contributed by atoms with Gasteiger partial charge in [0.15, 0.2) is 5.82 Å².